The van der Waals surface area contributed by atoms with Gasteiger partial charge in [0.05, 0.1) is 12.7 Å². The largest absolute Gasteiger partial charge is 0.506 e. The van der Waals surface area contributed by atoms with Gasteiger partial charge in [0.2, 0.25) is 5.76 Å². The van der Waals surface area contributed by atoms with Gasteiger partial charge in [0, 0.05) is 17.7 Å². The molecule has 0 aliphatic heterocycles. The maximum Gasteiger partial charge on any atom is 0.374 e. The summed E-state index contributed by atoms with van der Waals surface area (Å²) in [4.78, 5) is 10.7. The van der Waals surface area contributed by atoms with Crippen molar-refractivity contribution in [3.05, 3.63) is 29.5 Å². The first-order valence-corrected chi connectivity index (χ1v) is 5.08. The predicted octanol–water partition coefficient (Wildman–Crippen LogP) is 1.63. The number of carboxylic acids is 1. The van der Waals surface area contributed by atoms with Crippen LogP contribution in [0.4, 0.5) is 0 Å². The van der Waals surface area contributed by atoms with E-state index in [0.717, 1.165) is 0 Å². The van der Waals surface area contributed by atoms with E-state index < -0.39 is 5.97 Å². The number of hydrogen-bond donors (Lipinski definition) is 2. The summed E-state index contributed by atoms with van der Waals surface area (Å²) in [5.41, 5.74) is 0.578. The van der Waals surface area contributed by atoms with Crippen LogP contribution in [-0.4, -0.2) is 28.4 Å². The Morgan fingerprint density at radius 3 is 2.74 bits per heavy atom. The summed E-state index contributed by atoms with van der Waals surface area (Å²) < 4.78 is 9.68. The summed E-state index contributed by atoms with van der Waals surface area (Å²) in [5.74, 6) is -1.56. The Morgan fingerprint density at radius 2 is 2.21 bits per heavy atom. The fourth-order valence-corrected chi connectivity index (χ4v) is 1.53. The predicted molar refractivity (Wildman–Crippen MR) is 61.8 cm³/mol. The lowest BCUT2D eigenvalue weighted by molar-refractivity contribution is 0.0652. The second-order valence-electron chi connectivity index (χ2n) is 3.56. The van der Waals surface area contributed by atoms with Crippen LogP contribution < -0.4 is 4.74 Å². The van der Waals surface area contributed by atoms with Gasteiger partial charge in [0.25, 0.3) is 0 Å². The number of carbonyl (C=O) groups is 1. The van der Waals surface area contributed by atoms with Crippen LogP contribution in [0.2, 0.25) is 0 Å². The van der Waals surface area contributed by atoms with E-state index in [-0.39, 0.29) is 28.5 Å². The Kier molecular flexibility index (Phi) is 3.08. The van der Waals surface area contributed by atoms with Crippen LogP contribution in [0.15, 0.2) is 22.7 Å². The lowest BCUT2D eigenvalue weighted by atomic mass is 10.1. The maximum atomic E-state index is 10.7. The van der Waals surface area contributed by atoms with Crippen molar-refractivity contribution in [1.29, 1.82) is 5.26 Å². The van der Waals surface area contributed by atoms with Crippen LogP contribution in [0.5, 0.6) is 11.5 Å². The molecule has 2 rings (SSSR count). The van der Waals surface area contributed by atoms with Gasteiger partial charge in [0.1, 0.15) is 23.3 Å². The lowest BCUT2D eigenvalue weighted by Gasteiger charge is -2.07. The second-order valence-corrected chi connectivity index (χ2v) is 3.56. The number of methoxy groups -OCH3 is 1. The van der Waals surface area contributed by atoms with Gasteiger partial charge in [-0.3, -0.25) is 0 Å². The summed E-state index contributed by atoms with van der Waals surface area (Å²) in [6.07, 6.45) is 0. The number of aromatic hydroxyl groups is 1. The third-order valence-corrected chi connectivity index (χ3v) is 2.44. The van der Waals surface area contributed by atoms with Crippen molar-refractivity contribution >= 4 is 5.97 Å². The molecule has 1 aromatic heterocycles. The standard InChI is InChI=1S/C12H8N2O5/c1-18-10-4-9(15)6(5-13)2-7(10)8-3-11(12(16)17)19-14-8/h2-4,15H,1H3,(H,16,17). The fraction of sp³-hybridized carbons (Fsp3) is 0.0833. The molecule has 1 aromatic carbocycles. The number of rotatable bonds is 3. The monoisotopic (exact) mass is 260 g/mol. The average Bonchev–Trinajstić information content (AvgIpc) is 2.88. The number of aromatic nitrogens is 1. The van der Waals surface area contributed by atoms with Crippen LogP contribution in [0, 0.1) is 11.3 Å². The molecule has 2 N–H and O–H groups in total. The van der Waals surface area contributed by atoms with Crippen LogP contribution in [-0.2, 0) is 0 Å². The highest BCUT2D eigenvalue weighted by Gasteiger charge is 2.17. The third-order valence-electron chi connectivity index (χ3n) is 2.44. The number of nitriles is 1. The van der Waals surface area contributed by atoms with E-state index in [4.69, 9.17) is 15.1 Å². The van der Waals surface area contributed by atoms with E-state index in [2.05, 4.69) is 9.68 Å². The molecule has 0 radical (unpaired) electrons. The molecular weight excluding hydrogens is 252 g/mol. The summed E-state index contributed by atoms with van der Waals surface area (Å²) in [6.45, 7) is 0. The van der Waals surface area contributed by atoms with E-state index in [1.165, 1.54) is 25.3 Å². The molecule has 0 saturated heterocycles. The van der Waals surface area contributed by atoms with Crippen molar-refractivity contribution in [2.24, 2.45) is 0 Å². The summed E-state index contributed by atoms with van der Waals surface area (Å²) >= 11 is 0. The smallest absolute Gasteiger partial charge is 0.374 e. The third kappa shape index (κ3) is 2.19. The highest BCUT2D eigenvalue weighted by molar-refractivity contribution is 5.86. The zero-order valence-electron chi connectivity index (χ0n) is 9.75. The molecule has 0 aliphatic carbocycles. The Balaban J connectivity index is 2.59. The van der Waals surface area contributed by atoms with Crippen molar-refractivity contribution in [3.8, 4) is 28.8 Å². The summed E-state index contributed by atoms with van der Waals surface area (Å²) in [7, 11) is 1.38. The normalized spacial score (nSPS) is 9.89. The van der Waals surface area contributed by atoms with E-state index >= 15 is 0 Å². The first-order chi connectivity index (χ1) is 9.06. The number of aromatic carboxylic acids is 1. The lowest BCUT2D eigenvalue weighted by Crippen LogP contribution is -1.92. The van der Waals surface area contributed by atoms with E-state index in [9.17, 15) is 9.90 Å². The van der Waals surface area contributed by atoms with Gasteiger partial charge in [-0.25, -0.2) is 4.79 Å². The molecule has 7 nitrogen and oxygen atoms in total. The molecule has 0 bridgehead atoms. The van der Waals surface area contributed by atoms with Gasteiger partial charge in [-0.15, -0.1) is 0 Å². The molecule has 96 valence electrons. The van der Waals surface area contributed by atoms with Crippen LogP contribution in [0.1, 0.15) is 16.1 Å². The molecule has 0 aliphatic rings. The average molecular weight is 260 g/mol. The zero-order valence-corrected chi connectivity index (χ0v) is 9.75. The van der Waals surface area contributed by atoms with Crippen molar-refractivity contribution in [1.82, 2.24) is 5.16 Å². The molecule has 0 fully saturated rings. The first-order valence-electron chi connectivity index (χ1n) is 5.08. The molecule has 7 heteroatoms. The number of benzene rings is 1. The molecule has 19 heavy (non-hydrogen) atoms. The Labute approximate surface area is 107 Å². The number of phenolic OH excluding ortho intramolecular Hbond substituents is 1. The SMILES string of the molecule is COc1cc(O)c(C#N)cc1-c1cc(C(=O)O)on1. The number of nitrogens with zero attached hydrogens (tertiary/aromatic N) is 2. The van der Waals surface area contributed by atoms with Crippen molar-refractivity contribution in [3.63, 3.8) is 0 Å². The van der Waals surface area contributed by atoms with E-state index in [0.29, 0.717) is 5.56 Å². The van der Waals surface area contributed by atoms with Gasteiger partial charge >= 0.3 is 5.97 Å². The molecule has 0 unspecified atom stereocenters. The minimum Gasteiger partial charge on any atom is -0.506 e. The number of carboxylic acid groups (broad SMARTS) is 1. The molecule has 0 amide bonds. The molecule has 0 saturated carbocycles. The fourth-order valence-electron chi connectivity index (χ4n) is 1.53. The van der Waals surface area contributed by atoms with Gasteiger partial charge in [-0.05, 0) is 6.07 Å². The van der Waals surface area contributed by atoms with Gasteiger partial charge < -0.3 is 19.5 Å². The molecule has 0 spiro atoms. The minimum atomic E-state index is -1.25. The van der Waals surface area contributed by atoms with Gasteiger partial charge in [-0.2, -0.15) is 5.26 Å². The Bertz CT molecular complexity index is 684. The molecule has 0 atom stereocenters. The Morgan fingerprint density at radius 1 is 1.47 bits per heavy atom. The second kappa shape index (κ2) is 4.70. The molecule has 2 aromatic rings. The van der Waals surface area contributed by atoms with Crippen LogP contribution in [0.25, 0.3) is 11.3 Å². The van der Waals surface area contributed by atoms with Crippen molar-refractivity contribution in [2.75, 3.05) is 7.11 Å². The van der Waals surface area contributed by atoms with E-state index in [1.54, 1.807) is 6.07 Å². The number of phenols is 1. The first kappa shape index (κ1) is 12.4. The van der Waals surface area contributed by atoms with Crippen molar-refractivity contribution in [2.45, 2.75) is 0 Å². The number of hydrogen-bond acceptors (Lipinski definition) is 6. The minimum absolute atomic E-state index is 0.0238. The Hall–Kier alpha value is -3.01. The van der Waals surface area contributed by atoms with E-state index in [1.807, 2.05) is 0 Å². The highest BCUT2D eigenvalue weighted by Crippen LogP contribution is 2.35. The zero-order chi connectivity index (χ0) is 14.0. The van der Waals surface area contributed by atoms with Crippen LogP contribution >= 0.6 is 0 Å². The molecular formula is C12H8N2O5. The quantitative estimate of drug-likeness (QED) is 0.861. The highest BCUT2D eigenvalue weighted by atomic mass is 16.5. The summed E-state index contributed by atoms with van der Waals surface area (Å²) in [5, 5.41) is 30.8. The van der Waals surface area contributed by atoms with Crippen molar-refractivity contribution < 1.29 is 24.3 Å². The van der Waals surface area contributed by atoms with Gasteiger partial charge in [-0.1, -0.05) is 5.16 Å². The number of ether oxygens (including phenoxy) is 1. The molecule has 1 heterocycles. The topological polar surface area (TPSA) is 117 Å². The van der Waals surface area contributed by atoms with Gasteiger partial charge in [0.15, 0.2) is 0 Å². The maximum absolute atomic E-state index is 10.7. The summed E-state index contributed by atoms with van der Waals surface area (Å²) in [6, 6.07) is 5.61. The van der Waals surface area contributed by atoms with Crippen LogP contribution in [0.3, 0.4) is 0 Å².